The molecule has 1 saturated heterocycles. The van der Waals surface area contributed by atoms with Crippen molar-refractivity contribution < 1.29 is 9.53 Å². The monoisotopic (exact) mass is 228 g/mol. The van der Waals surface area contributed by atoms with Crippen LogP contribution in [0, 0.1) is 5.92 Å². The first kappa shape index (κ1) is 10.5. The Morgan fingerprint density at radius 2 is 2.24 bits per heavy atom. The van der Waals surface area contributed by atoms with Crippen molar-refractivity contribution in [2.75, 3.05) is 6.61 Å². The van der Waals surface area contributed by atoms with E-state index < -0.39 is 0 Å². The van der Waals surface area contributed by atoms with Gasteiger partial charge in [0.25, 0.3) is 0 Å². The number of fused-ring (bicyclic) bond motifs is 1. The van der Waals surface area contributed by atoms with E-state index in [1.807, 2.05) is 34.9 Å². The van der Waals surface area contributed by atoms with E-state index in [2.05, 4.69) is 6.92 Å². The molecular weight excluding hydrogens is 214 g/mol. The number of hydrogen-bond acceptors (Lipinski definition) is 2. The number of rotatable bonds is 2. The molecule has 1 aliphatic rings. The van der Waals surface area contributed by atoms with Gasteiger partial charge in [-0.2, -0.15) is 0 Å². The van der Waals surface area contributed by atoms with Gasteiger partial charge in [-0.3, -0.25) is 4.79 Å². The van der Waals surface area contributed by atoms with Gasteiger partial charge >= 0.3 is 0 Å². The summed E-state index contributed by atoms with van der Waals surface area (Å²) in [5.74, 6) is 1.32. The minimum Gasteiger partial charge on any atom is -0.357 e. The first-order valence-electron chi connectivity index (χ1n) is 5.77. The largest absolute Gasteiger partial charge is 0.357 e. The van der Waals surface area contributed by atoms with Crippen LogP contribution in [0.5, 0.6) is 0 Å². The van der Waals surface area contributed by atoms with E-state index in [-0.39, 0.29) is 6.23 Å². The van der Waals surface area contributed by atoms with Gasteiger partial charge in [-0.1, -0.05) is 25.1 Å². The Kier molecular flexibility index (Phi) is 2.48. The summed E-state index contributed by atoms with van der Waals surface area (Å²) in [6.45, 7) is 2.78. The van der Waals surface area contributed by atoms with Gasteiger partial charge in [0.15, 0.2) is 6.29 Å². The van der Waals surface area contributed by atoms with Gasteiger partial charge in [0, 0.05) is 17.7 Å². The van der Waals surface area contributed by atoms with Crippen molar-refractivity contribution in [1.82, 2.24) is 4.57 Å². The zero-order valence-corrected chi connectivity index (χ0v) is 9.72. The number of hydrogen-bond donors (Lipinski definition) is 0. The molecule has 3 nitrogen and oxygen atoms in total. The average Bonchev–Trinajstić information content (AvgIpc) is 2.91. The molecule has 1 aromatic carbocycles. The van der Waals surface area contributed by atoms with Crippen molar-refractivity contribution in [1.29, 1.82) is 0 Å². The second kappa shape index (κ2) is 4.00. The second-order valence-electron chi connectivity index (χ2n) is 4.54. The van der Waals surface area contributed by atoms with Crippen LogP contribution in [-0.2, 0) is 4.74 Å². The molecule has 0 saturated carbocycles. The maximum Gasteiger partial charge on any atom is 0.166 e. The molecular formula is C14H14NO2. The summed E-state index contributed by atoms with van der Waals surface area (Å²) in [5, 5.41) is 1.09. The fourth-order valence-corrected chi connectivity index (χ4v) is 2.43. The summed E-state index contributed by atoms with van der Waals surface area (Å²) in [4.78, 5) is 11.2. The van der Waals surface area contributed by atoms with Crippen molar-refractivity contribution in [3.05, 3.63) is 41.9 Å². The fourth-order valence-electron chi connectivity index (χ4n) is 2.43. The zero-order chi connectivity index (χ0) is 11.8. The van der Waals surface area contributed by atoms with Crippen LogP contribution in [0.3, 0.4) is 0 Å². The molecule has 0 spiro atoms. The predicted molar refractivity (Wildman–Crippen MR) is 65.8 cm³/mol. The Balaban J connectivity index is 2.16. The first-order valence-corrected chi connectivity index (χ1v) is 5.77. The molecule has 1 aliphatic heterocycles. The third-order valence-electron chi connectivity index (χ3n) is 3.23. The number of benzene rings is 1. The molecule has 1 atom stereocenters. The third kappa shape index (κ3) is 1.67. The van der Waals surface area contributed by atoms with E-state index in [0.717, 1.165) is 23.6 Å². The van der Waals surface area contributed by atoms with Crippen LogP contribution in [0.25, 0.3) is 10.9 Å². The number of carbonyl (C=O) groups is 1. The fraction of sp³-hybridized carbons (Fsp3) is 0.286. The summed E-state index contributed by atoms with van der Waals surface area (Å²) >= 11 is 0. The number of nitrogens with zero attached hydrogens (tertiary/aromatic N) is 1. The second-order valence-corrected chi connectivity index (χ2v) is 4.54. The Hall–Kier alpha value is -1.61. The molecule has 0 amide bonds. The average molecular weight is 228 g/mol. The number of ether oxygens (including phenoxy) is 1. The standard InChI is InChI=1S/C14H14NO2/c1-10-6-14(17-9-10)15-12(8-16)7-11-4-2-3-5-13(11)15/h2-5,7-8,14H,6,9H2,1H3. The predicted octanol–water partition coefficient (Wildman–Crippen LogP) is 2.97. The van der Waals surface area contributed by atoms with E-state index in [0.29, 0.717) is 12.3 Å². The lowest BCUT2D eigenvalue weighted by Crippen LogP contribution is -2.10. The third-order valence-corrected chi connectivity index (χ3v) is 3.23. The molecule has 1 fully saturated rings. The maximum absolute atomic E-state index is 11.2. The van der Waals surface area contributed by atoms with Gasteiger partial charge in [0.05, 0.1) is 17.8 Å². The lowest BCUT2D eigenvalue weighted by Gasteiger charge is -2.15. The van der Waals surface area contributed by atoms with E-state index in [4.69, 9.17) is 4.74 Å². The minimum absolute atomic E-state index is 0.0323. The Labute approximate surface area is 100.0 Å². The number of aldehydes is 1. The highest BCUT2D eigenvalue weighted by molar-refractivity contribution is 5.89. The molecule has 3 rings (SSSR count). The van der Waals surface area contributed by atoms with E-state index in [1.54, 1.807) is 0 Å². The van der Waals surface area contributed by atoms with Crippen molar-refractivity contribution in [2.24, 2.45) is 0 Å². The zero-order valence-electron chi connectivity index (χ0n) is 9.72. The molecule has 87 valence electrons. The van der Waals surface area contributed by atoms with Crippen LogP contribution in [0.4, 0.5) is 0 Å². The van der Waals surface area contributed by atoms with Crippen molar-refractivity contribution in [3.8, 4) is 0 Å². The number of aromatic nitrogens is 1. The lowest BCUT2D eigenvalue weighted by molar-refractivity contribution is 0.0586. The first-order chi connectivity index (χ1) is 8.29. The van der Waals surface area contributed by atoms with E-state index in [1.165, 1.54) is 5.92 Å². The van der Waals surface area contributed by atoms with Crippen LogP contribution >= 0.6 is 0 Å². The van der Waals surface area contributed by atoms with Gasteiger partial charge in [0.2, 0.25) is 0 Å². The van der Waals surface area contributed by atoms with Crippen LogP contribution in [0.1, 0.15) is 30.1 Å². The molecule has 0 N–H and O–H groups in total. The molecule has 2 heterocycles. The van der Waals surface area contributed by atoms with Crippen LogP contribution in [0.15, 0.2) is 30.3 Å². The van der Waals surface area contributed by atoms with E-state index >= 15 is 0 Å². The molecule has 3 heteroatoms. The van der Waals surface area contributed by atoms with Gasteiger partial charge in [-0.05, 0) is 12.1 Å². The minimum atomic E-state index is -0.0323. The topological polar surface area (TPSA) is 31.2 Å². The van der Waals surface area contributed by atoms with Gasteiger partial charge in [-0.15, -0.1) is 0 Å². The maximum atomic E-state index is 11.2. The molecule has 0 aliphatic carbocycles. The summed E-state index contributed by atoms with van der Waals surface area (Å²) in [6.07, 6.45) is 1.76. The van der Waals surface area contributed by atoms with Gasteiger partial charge in [-0.25, -0.2) is 0 Å². The highest BCUT2D eigenvalue weighted by Gasteiger charge is 2.26. The summed E-state index contributed by atoms with van der Waals surface area (Å²) < 4.78 is 7.73. The van der Waals surface area contributed by atoms with Crippen molar-refractivity contribution >= 4 is 17.2 Å². The van der Waals surface area contributed by atoms with E-state index in [9.17, 15) is 4.79 Å². The summed E-state index contributed by atoms with van der Waals surface area (Å²) in [7, 11) is 0. The summed E-state index contributed by atoms with van der Waals surface area (Å²) in [6, 6.07) is 9.93. The Morgan fingerprint density at radius 3 is 2.94 bits per heavy atom. The molecule has 17 heavy (non-hydrogen) atoms. The van der Waals surface area contributed by atoms with Gasteiger partial charge < -0.3 is 9.30 Å². The smallest absolute Gasteiger partial charge is 0.166 e. The van der Waals surface area contributed by atoms with Crippen LogP contribution in [0.2, 0.25) is 0 Å². The molecule has 2 aromatic rings. The highest BCUT2D eigenvalue weighted by atomic mass is 16.5. The normalized spacial score (nSPS) is 21.1. The number of carbonyl (C=O) groups excluding carboxylic acids is 1. The molecule has 1 aromatic heterocycles. The quantitative estimate of drug-likeness (QED) is 0.740. The molecule has 1 unspecified atom stereocenters. The summed E-state index contributed by atoms with van der Waals surface area (Å²) in [5.41, 5.74) is 1.75. The van der Waals surface area contributed by atoms with Crippen molar-refractivity contribution in [2.45, 2.75) is 19.6 Å². The van der Waals surface area contributed by atoms with Crippen LogP contribution < -0.4 is 0 Å². The Bertz CT molecular complexity index is 558. The Morgan fingerprint density at radius 1 is 1.41 bits per heavy atom. The van der Waals surface area contributed by atoms with Crippen LogP contribution in [-0.4, -0.2) is 17.5 Å². The molecule has 0 bridgehead atoms. The highest BCUT2D eigenvalue weighted by Crippen LogP contribution is 2.33. The lowest BCUT2D eigenvalue weighted by atomic mass is 10.1. The van der Waals surface area contributed by atoms with Gasteiger partial charge in [0.1, 0.15) is 6.23 Å². The van der Waals surface area contributed by atoms with Crippen molar-refractivity contribution in [3.63, 3.8) is 0 Å². The molecule has 1 radical (unpaired) electrons. The SMILES string of the molecule is C[C]1COC(n2c(C=O)cc3ccccc32)C1. The number of para-hydroxylation sites is 1.